The molecule has 5 nitrogen and oxygen atoms in total. The van der Waals surface area contributed by atoms with Gasteiger partial charge in [0, 0.05) is 11.5 Å². The predicted molar refractivity (Wildman–Crippen MR) is 61.3 cm³/mol. The van der Waals surface area contributed by atoms with Crippen LogP contribution in [-0.2, 0) is 0 Å². The Morgan fingerprint density at radius 2 is 2.19 bits per heavy atom. The number of nitrogen functional groups attached to an aromatic ring is 1. The van der Waals surface area contributed by atoms with Crippen molar-refractivity contribution in [1.29, 1.82) is 0 Å². The predicted octanol–water partition coefficient (Wildman–Crippen LogP) is 0.892. The molecule has 0 bridgehead atoms. The van der Waals surface area contributed by atoms with Crippen LogP contribution in [0.4, 0.5) is 5.82 Å². The molecule has 0 saturated heterocycles. The number of nitrogens with zero attached hydrogens (tertiary/aromatic N) is 2. The van der Waals surface area contributed by atoms with Crippen LogP contribution in [-0.4, -0.2) is 28.3 Å². The molecule has 5 heteroatoms. The van der Waals surface area contributed by atoms with Gasteiger partial charge < -0.3 is 15.6 Å². The van der Waals surface area contributed by atoms with E-state index >= 15 is 0 Å². The standard InChI is InChI=1S/C11H13N3O2/c1-7-6-10(16-5-4-15)14-11-8(7)2-3-9(12)13-11/h2-3,6,15H,4-5H2,1H3,(H2,12,13,14). The van der Waals surface area contributed by atoms with Crippen LogP contribution < -0.4 is 10.5 Å². The molecule has 84 valence electrons. The Bertz CT molecular complexity index is 514. The quantitative estimate of drug-likeness (QED) is 0.801. The molecule has 0 radical (unpaired) electrons. The summed E-state index contributed by atoms with van der Waals surface area (Å²) in [4.78, 5) is 8.34. The summed E-state index contributed by atoms with van der Waals surface area (Å²) in [6, 6.07) is 5.44. The molecule has 0 atom stereocenters. The van der Waals surface area contributed by atoms with Crippen LogP contribution >= 0.6 is 0 Å². The molecule has 2 rings (SSSR count). The van der Waals surface area contributed by atoms with Gasteiger partial charge in [0.1, 0.15) is 12.4 Å². The van der Waals surface area contributed by atoms with E-state index in [2.05, 4.69) is 9.97 Å². The molecular formula is C11H13N3O2. The highest BCUT2D eigenvalue weighted by atomic mass is 16.5. The second-order valence-corrected chi connectivity index (χ2v) is 3.46. The van der Waals surface area contributed by atoms with Crippen LogP contribution in [0.3, 0.4) is 0 Å². The molecule has 0 unspecified atom stereocenters. The first kappa shape index (κ1) is 10.6. The number of hydrogen-bond donors (Lipinski definition) is 2. The second kappa shape index (κ2) is 4.32. The minimum atomic E-state index is -0.0386. The zero-order chi connectivity index (χ0) is 11.5. The fourth-order valence-corrected chi connectivity index (χ4v) is 1.48. The van der Waals surface area contributed by atoms with Gasteiger partial charge in [0.25, 0.3) is 0 Å². The number of nitrogens with two attached hydrogens (primary N) is 1. The Morgan fingerprint density at radius 3 is 2.94 bits per heavy atom. The van der Waals surface area contributed by atoms with E-state index in [1.807, 2.05) is 19.1 Å². The lowest BCUT2D eigenvalue weighted by molar-refractivity contribution is 0.197. The molecule has 0 spiro atoms. The first-order valence-electron chi connectivity index (χ1n) is 4.98. The van der Waals surface area contributed by atoms with Gasteiger partial charge in [-0.2, -0.15) is 4.98 Å². The lowest BCUT2D eigenvalue weighted by atomic mass is 10.2. The van der Waals surface area contributed by atoms with Crippen molar-refractivity contribution in [1.82, 2.24) is 9.97 Å². The van der Waals surface area contributed by atoms with Gasteiger partial charge in [0.2, 0.25) is 5.88 Å². The third-order valence-corrected chi connectivity index (χ3v) is 2.22. The molecule has 2 aromatic heterocycles. The van der Waals surface area contributed by atoms with Gasteiger partial charge in [-0.1, -0.05) is 0 Å². The summed E-state index contributed by atoms with van der Waals surface area (Å²) in [5.41, 5.74) is 7.17. The summed E-state index contributed by atoms with van der Waals surface area (Å²) in [5, 5.41) is 9.62. The van der Waals surface area contributed by atoms with Gasteiger partial charge in [0.05, 0.1) is 6.61 Å². The lowest BCUT2D eigenvalue weighted by Gasteiger charge is -2.07. The number of aliphatic hydroxyl groups is 1. The van der Waals surface area contributed by atoms with Crippen molar-refractivity contribution in [2.45, 2.75) is 6.92 Å². The van der Waals surface area contributed by atoms with Crippen LogP contribution in [0.2, 0.25) is 0 Å². The molecule has 0 aromatic carbocycles. The van der Waals surface area contributed by atoms with E-state index in [0.29, 0.717) is 17.3 Å². The van der Waals surface area contributed by atoms with E-state index in [9.17, 15) is 0 Å². The van der Waals surface area contributed by atoms with Gasteiger partial charge in [0.15, 0.2) is 5.65 Å². The van der Waals surface area contributed by atoms with E-state index in [1.165, 1.54) is 0 Å². The minimum absolute atomic E-state index is 0.0386. The molecule has 0 aliphatic carbocycles. The molecule has 16 heavy (non-hydrogen) atoms. The highest BCUT2D eigenvalue weighted by Crippen LogP contribution is 2.20. The van der Waals surface area contributed by atoms with E-state index in [1.54, 1.807) is 6.07 Å². The Hall–Kier alpha value is -1.88. The number of pyridine rings is 2. The van der Waals surface area contributed by atoms with Gasteiger partial charge in [-0.15, -0.1) is 0 Å². The highest BCUT2D eigenvalue weighted by molar-refractivity contribution is 5.80. The molecule has 0 amide bonds. The summed E-state index contributed by atoms with van der Waals surface area (Å²) in [7, 11) is 0. The topological polar surface area (TPSA) is 81.3 Å². The lowest BCUT2D eigenvalue weighted by Crippen LogP contribution is -2.04. The maximum atomic E-state index is 8.67. The average Bonchev–Trinajstić information content (AvgIpc) is 2.25. The number of aryl methyl sites for hydroxylation is 1. The fraction of sp³-hybridized carbons (Fsp3) is 0.273. The molecule has 0 fully saturated rings. The zero-order valence-corrected chi connectivity index (χ0v) is 8.97. The number of rotatable bonds is 3. The van der Waals surface area contributed by atoms with Crippen molar-refractivity contribution in [2.75, 3.05) is 18.9 Å². The number of anilines is 1. The first-order valence-corrected chi connectivity index (χ1v) is 4.98. The molecular weight excluding hydrogens is 206 g/mol. The van der Waals surface area contributed by atoms with E-state index < -0.39 is 0 Å². The highest BCUT2D eigenvalue weighted by Gasteiger charge is 2.04. The zero-order valence-electron chi connectivity index (χ0n) is 8.97. The van der Waals surface area contributed by atoms with Crippen molar-refractivity contribution in [3.8, 4) is 5.88 Å². The second-order valence-electron chi connectivity index (χ2n) is 3.46. The van der Waals surface area contributed by atoms with Crippen LogP contribution in [0.1, 0.15) is 5.56 Å². The Labute approximate surface area is 92.9 Å². The van der Waals surface area contributed by atoms with Gasteiger partial charge in [-0.05, 0) is 24.6 Å². The van der Waals surface area contributed by atoms with Crippen molar-refractivity contribution in [3.63, 3.8) is 0 Å². The Kier molecular flexibility index (Phi) is 2.87. The monoisotopic (exact) mass is 219 g/mol. The average molecular weight is 219 g/mol. The molecule has 2 aromatic rings. The number of aliphatic hydroxyl groups excluding tert-OH is 1. The smallest absolute Gasteiger partial charge is 0.215 e. The van der Waals surface area contributed by atoms with E-state index in [0.717, 1.165) is 10.9 Å². The van der Waals surface area contributed by atoms with Crippen molar-refractivity contribution >= 4 is 16.9 Å². The molecule has 0 aliphatic heterocycles. The third-order valence-electron chi connectivity index (χ3n) is 2.22. The Morgan fingerprint density at radius 1 is 1.38 bits per heavy atom. The van der Waals surface area contributed by atoms with Gasteiger partial charge in [-0.3, -0.25) is 0 Å². The molecule has 2 heterocycles. The molecule has 0 saturated carbocycles. The minimum Gasteiger partial charge on any atom is -0.475 e. The van der Waals surface area contributed by atoms with Crippen molar-refractivity contribution in [2.24, 2.45) is 0 Å². The van der Waals surface area contributed by atoms with Crippen molar-refractivity contribution in [3.05, 3.63) is 23.8 Å². The number of ether oxygens (including phenoxy) is 1. The van der Waals surface area contributed by atoms with Gasteiger partial charge >= 0.3 is 0 Å². The van der Waals surface area contributed by atoms with Crippen LogP contribution in [0.5, 0.6) is 5.88 Å². The Balaban J connectivity index is 2.47. The number of fused-ring (bicyclic) bond motifs is 1. The molecule has 3 N–H and O–H groups in total. The number of hydrogen-bond acceptors (Lipinski definition) is 5. The van der Waals surface area contributed by atoms with Gasteiger partial charge in [-0.25, -0.2) is 4.98 Å². The maximum Gasteiger partial charge on any atom is 0.215 e. The summed E-state index contributed by atoms with van der Waals surface area (Å²) in [5.74, 6) is 0.885. The summed E-state index contributed by atoms with van der Waals surface area (Å²) in [6.07, 6.45) is 0. The van der Waals surface area contributed by atoms with Crippen LogP contribution in [0.15, 0.2) is 18.2 Å². The third kappa shape index (κ3) is 2.04. The number of aromatic nitrogens is 2. The first-order chi connectivity index (χ1) is 7.70. The van der Waals surface area contributed by atoms with E-state index in [4.69, 9.17) is 15.6 Å². The van der Waals surface area contributed by atoms with Crippen molar-refractivity contribution < 1.29 is 9.84 Å². The maximum absolute atomic E-state index is 8.67. The summed E-state index contributed by atoms with van der Waals surface area (Å²) < 4.78 is 5.24. The largest absolute Gasteiger partial charge is 0.475 e. The normalized spacial score (nSPS) is 10.6. The van der Waals surface area contributed by atoms with Crippen LogP contribution in [0.25, 0.3) is 11.0 Å². The summed E-state index contributed by atoms with van der Waals surface area (Å²) >= 11 is 0. The fourth-order valence-electron chi connectivity index (χ4n) is 1.48. The molecule has 0 aliphatic rings. The van der Waals surface area contributed by atoms with E-state index in [-0.39, 0.29) is 13.2 Å². The van der Waals surface area contributed by atoms with Crippen LogP contribution in [0, 0.1) is 6.92 Å². The SMILES string of the molecule is Cc1cc(OCCO)nc2nc(N)ccc12. The summed E-state index contributed by atoms with van der Waals surface area (Å²) in [6.45, 7) is 2.14.